The third kappa shape index (κ3) is 4.22. The first-order valence-electron chi connectivity index (χ1n) is 9.61. The van der Waals surface area contributed by atoms with Gasteiger partial charge in [0.25, 0.3) is 0 Å². The second-order valence-corrected chi connectivity index (χ2v) is 7.70. The van der Waals surface area contributed by atoms with Gasteiger partial charge in [0, 0.05) is 11.6 Å². The summed E-state index contributed by atoms with van der Waals surface area (Å²) in [4.78, 5) is 2.59. The molecule has 0 heterocycles. The summed E-state index contributed by atoms with van der Waals surface area (Å²) in [6, 6.07) is 0.702. The highest BCUT2D eigenvalue weighted by atomic mass is 15.2. The van der Waals surface area contributed by atoms with E-state index < -0.39 is 0 Å². The molecule has 0 bridgehead atoms. The standard InChI is InChI=1S/C19H38N2/c1-4-20-18(17-13-9-5-6-10-14-17)19(21(2)3)15-11-7-8-12-16-19/h17-18,20H,4-16H2,1-3H3. The van der Waals surface area contributed by atoms with E-state index in [2.05, 4.69) is 31.2 Å². The van der Waals surface area contributed by atoms with Crippen LogP contribution < -0.4 is 5.32 Å². The fourth-order valence-electron chi connectivity index (χ4n) is 5.04. The maximum Gasteiger partial charge on any atom is 0.0359 e. The summed E-state index contributed by atoms with van der Waals surface area (Å²) in [7, 11) is 4.68. The zero-order valence-corrected chi connectivity index (χ0v) is 14.8. The van der Waals surface area contributed by atoms with E-state index in [-0.39, 0.29) is 0 Å². The monoisotopic (exact) mass is 294 g/mol. The van der Waals surface area contributed by atoms with E-state index in [0.29, 0.717) is 11.6 Å². The summed E-state index contributed by atoms with van der Waals surface area (Å²) in [6.07, 6.45) is 17.3. The lowest BCUT2D eigenvalue weighted by molar-refractivity contribution is 0.0487. The smallest absolute Gasteiger partial charge is 0.0359 e. The Hall–Kier alpha value is -0.0800. The van der Waals surface area contributed by atoms with Crippen molar-refractivity contribution in [2.75, 3.05) is 20.6 Å². The predicted octanol–water partition coefficient (Wildman–Crippen LogP) is 4.59. The van der Waals surface area contributed by atoms with Crippen LogP contribution in [0, 0.1) is 5.92 Å². The van der Waals surface area contributed by atoms with Crippen molar-refractivity contribution >= 4 is 0 Å². The average Bonchev–Trinajstić information content (AvgIpc) is 2.88. The number of hydrogen-bond acceptors (Lipinski definition) is 2. The van der Waals surface area contributed by atoms with Gasteiger partial charge in [-0.3, -0.25) is 0 Å². The minimum Gasteiger partial charge on any atom is -0.312 e. The van der Waals surface area contributed by atoms with Crippen LogP contribution in [-0.2, 0) is 0 Å². The van der Waals surface area contributed by atoms with Crippen LogP contribution in [0.5, 0.6) is 0 Å². The van der Waals surface area contributed by atoms with Gasteiger partial charge in [-0.2, -0.15) is 0 Å². The molecule has 0 aromatic carbocycles. The highest BCUT2D eigenvalue weighted by Crippen LogP contribution is 2.40. The number of nitrogens with one attached hydrogen (secondary N) is 1. The van der Waals surface area contributed by atoms with Gasteiger partial charge in [-0.15, -0.1) is 0 Å². The molecule has 2 heteroatoms. The molecule has 0 amide bonds. The zero-order chi connectivity index (χ0) is 15.1. The summed E-state index contributed by atoms with van der Waals surface area (Å²) in [5, 5.41) is 3.96. The van der Waals surface area contributed by atoms with Gasteiger partial charge in [-0.1, -0.05) is 58.3 Å². The molecule has 21 heavy (non-hydrogen) atoms. The van der Waals surface area contributed by atoms with Crippen LogP contribution >= 0.6 is 0 Å². The second kappa shape index (κ2) is 8.53. The Labute approximate surface area is 133 Å². The zero-order valence-electron chi connectivity index (χ0n) is 14.8. The highest BCUT2D eigenvalue weighted by molar-refractivity contribution is 5.02. The Balaban J connectivity index is 2.21. The lowest BCUT2D eigenvalue weighted by Crippen LogP contribution is -2.61. The Bertz CT molecular complexity index is 271. The van der Waals surface area contributed by atoms with Crippen molar-refractivity contribution in [3.63, 3.8) is 0 Å². The average molecular weight is 295 g/mol. The van der Waals surface area contributed by atoms with Crippen LogP contribution in [0.3, 0.4) is 0 Å². The molecule has 1 N–H and O–H groups in total. The fraction of sp³-hybridized carbons (Fsp3) is 1.00. The molecule has 0 spiro atoms. The minimum atomic E-state index is 0.404. The summed E-state index contributed by atoms with van der Waals surface area (Å²) >= 11 is 0. The first-order chi connectivity index (χ1) is 10.2. The Morgan fingerprint density at radius 1 is 0.905 bits per heavy atom. The Morgan fingerprint density at radius 3 is 1.90 bits per heavy atom. The van der Waals surface area contributed by atoms with Gasteiger partial charge in [-0.25, -0.2) is 0 Å². The molecule has 0 radical (unpaired) electrons. The van der Waals surface area contributed by atoms with Crippen LogP contribution in [0.15, 0.2) is 0 Å². The quantitative estimate of drug-likeness (QED) is 0.746. The van der Waals surface area contributed by atoms with Gasteiger partial charge in [0.1, 0.15) is 0 Å². The van der Waals surface area contributed by atoms with Gasteiger partial charge in [0.15, 0.2) is 0 Å². The summed E-state index contributed by atoms with van der Waals surface area (Å²) in [6.45, 7) is 3.42. The van der Waals surface area contributed by atoms with Crippen molar-refractivity contribution in [1.82, 2.24) is 10.2 Å². The molecule has 2 rings (SSSR count). The van der Waals surface area contributed by atoms with E-state index in [9.17, 15) is 0 Å². The van der Waals surface area contributed by atoms with Crippen molar-refractivity contribution in [3.05, 3.63) is 0 Å². The molecule has 1 atom stereocenters. The minimum absolute atomic E-state index is 0.404. The van der Waals surface area contributed by atoms with Crippen molar-refractivity contribution in [1.29, 1.82) is 0 Å². The molecule has 1 unspecified atom stereocenters. The maximum atomic E-state index is 3.96. The van der Waals surface area contributed by atoms with Crippen LogP contribution in [-0.4, -0.2) is 37.1 Å². The molecule has 2 nitrogen and oxygen atoms in total. The third-order valence-electron chi connectivity index (χ3n) is 6.23. The molecule has 124 valence electrons. The van der Waals surface area contributed by atoms with Crippen LogP contribution in [0.2, 0.25) is 0 Å². The number of rotatable bonds is 5. The third-order valence-corrected chi connectivity index (χ3v) is 6.23. The van der Waals surface area contributed by atoms with Crippen molar-refractivity contribution in [2.45, 2.75) is 95.6 Å². The molecule has 2 saturated carbocycles. The number of hydrogen-bond donors (Lipinski definition) is 1. The van der Waals surface area contributed by atoms with E-state index in [1.54, 1.807) is 0 Å². The molecular weight excluding hydrogens is 256 g/mol. The van der Waals surface area contributed by atoms with E-state index in [0.717, 1.165) is 12.5 Å². The van der Waals surface area contributed by atoms with Crippen molar-refractivity contribution in [2.24, 2.45) is 5.92 Å². The van der Waals surface area contributed by atoms with E-state index >= 15 is 0 Å². The molecule has 2 aliphatic carbocycles. The molecular formula is C19H38N2. The maximum absolute atomic E-state index is 3.96. The predicted molar refractivity (Wildman–Crippen MR) is 92.8 cm³/mol. The summed E-state index contributed by atoms with van der Waals surface area (Å²) in [5.41, 5.74) is 0.404. The van der Waals surface area contributed by atoms with Crippen LogP contribution in [0.1, 0.15) is 84.0 Å². The second-order valence-electron chi connectivity index (χ2n) is 7.70. The van der Waals surface area contributed by atoms with Gasteiger partial charge in [0.05, 0.1) is 0 Å². The fourth-order valence-corrected chi connectivity index (χ4v) is 5.04. The number of nitrogens with zero attached hydrogens (tertiary/aromatic N) is 1. The molecule has 0 saturated heterocycles. The van der Waals surface area contributed by atoms with E-state index in [4.69, 9.17) is 0 Å². The normalized spacial score (nSPS) is 26.3. The van der Waals surface area contributed by atoms with Gasteiger partial charge >= 0.3 is 0 Å². The lowest BCUT2D eigenvalue weighted by Gasteiger charge is -2.49. The first-order valence-corrected chi connectivity index (χ1v) is 9.61. The molecule has 2 aliphatic rings. The van der Waals surface area contributed by atoms with Gasteiger partial charge < -0.3 is 10.2 Å². The van der Waals surface area contributed by atoms with E-state index in [1.165, 1.54) is 77.0 Å². The molecule has 0 aromatic heterocycles. The number of likely N-dealkylation sites (N-methyl/N-ethyl adjacent to an activating group) is 2. The van der Waals surface area contributed by atoms with E-state index in [1.807, 2.05) is 0 Å². The first kappa shape index (κ1) is 17.3. The lowest BCUT2D eigenvalue weighted by atomic mass is 9.73. The van der Waals surface area contributed by atoms with Crippen molar-refractivity contribution < 1.29 is 0 Å². The highest BCUT2D eigenvalue weighted by Gasteiger charge is 2.43. The van der Waals surface area contributed by atoms with Gasteiger partial charge in [-0.05, 0) is 52.2 Å². The topological polar surface area (TPSA) is 15.3 Å². The largest absolute Gasteiger partial charge is 0.312 e. The SMILES string of the molecule is CCNC(C1CCCCCC1)C1(N(C)C)CCCCCC1. The molecule has 2 fully saturated rings. The summed E-state index contributed by atoms with van der Waals surface area (Å²) in [5.74, 6) is 0.896. The van der Waals surface area contributed by atoms with Crippen LogP contribution in [0.25, 0.3) is 0 Å². The van der Waals surface area contributed by atoms with Crippen molar-refractivity contribution in [3.8, 4) is 0 Å². The molecule has 0 aromatic rings. The Morgan fingerprint density at radius 2 is 1.43 bits per heavy atom. The van der Waals surface area contributed by atoms with Gasteiger partial charge in [0.2, 0.25) is 0 Å². The summed E-state index contributed by atoms with van der Waals surface area (Å²) < 4.78 is 0. The van der Waals surface area contributed by atoms with Crippen LogP contribution in [0.4, 0.5) is 0 Å². The Kier molecular flexibility index (Phi) is 7.01. The molecule has 0 aliphatic heterocycles.